The predicted molar refractivity (Wildman–Crippen MR) is 68.7 cm³/mol. The lowest BCUT2D eigenvalue weighted by molar-refractivity contribution is -0.125. The van der Waals surface area contributed by atoms with Crippen LogP contribution in [0.15, 0.2) is 4.99 Å². The molecule has 0 aromatic carbocycles. The standard InChI is InChI=1S/C12H20N2OS/c15-12(11-6-2-1-3-7-11)14-9-5-4-8-13-10-16/h11H,1-9H2,(H,14,15). The molecule has 0 aromatic rings. The van der Waals surface area contributed by atoms with Crippen molar-refractivity contribution in [3.63, 3.8) is 0 Å². The van der Waals surface area contributed by atoms with Crippen LogP contribution in [-0.4, -0.2) is 24.2 Å². The van der Waals surface area contributed by atoms with Gasteiger partial charge in [-0.1, -0.05) is 19.3 Å². The van der Waals surface area contributed by atoms with Gasteiger partial charge in [-0.3, -0.25) is 4.79 Å². The van der Waals surface area contributed by atoms with Crippen LogP contribution >= 0.6 is 12.2 Å². The number of amides is 1. The number of thiocarbonyl (C=S) groups is 1. The van der Waals surface area contributed by atoms with Crippen molar-refractivity contribution in [1.82, 2.24) is 5.32 Å². The summed E-state index contributed by atoms with van der Waals surface area (Å²) in [5.74, 6) is 0.519. The highest BCUT2D eigenvalue weighted by Crippen LogP contribution is 2.23. The number of unbranched alkanes of at least 4 members (excludes halogenated alkanes) is 1. The first kappa shape index (κ1) is 13.3. The quantitative estimate of drug-likeness (QED) is 0.440. The summed E-state index contributed by atoms with van der Waals surface area (Å²) >= 11 is 4.47. The van der Waals surface area contributed by atoms with Crippen LogP contribution in [0.1, 0.15) is 44.9 Å². The highest BCUT2D eigenvalue weighted by Gasteiger charge is 2.20. The second-order valence-corrected chi connectivity index (χ2v) is 4.49. The van der Waals surface area contributed by atoms with E-state index in [0.717, 1.165) is 38.8 Å². The molecule has 0 radical (unpaired) electrons. The van der Waals surface area contributed by atoms with Crippen LogP contribution < -0.4 is 5.32 Å². The first-order valence-corrected chi connectivity index (χ1v) is 6.57. The number of hydrogen-bond donors (Lipinski definition) is 1. The summed E-state index contributed by atoms with van der Waals surface area (Å²) in [5.41, 5.74) is 0. The van der Waals surface area contributed by atoms with Gasteiger partial charge in [0.05, 0.1) is 5.16 Å². The number of nitrogens with zero attached hydrogens (tertiary/aromatic N) is 1. The van der Waals surface area contributed by atoms with Crippen molar-refractivity contribution in [1.29, 1.82) is 0 Å². The largest absolute Gasteiger partial charge is 0.356 e. The Morgan fingerprint density at radius 3 is 2.75 bits per heavy atom. The van der Waals surface area contributed by atoms with Gasteiger partial charge >= 0.3 is 0 Å². The lowest BCUT2D eigenvalue weighted by atomic mass is 9.89. The second-order valence-electron chi connectivity index (χ2n) is 4.31. The van der Waals surface area contributed by atoms with Crippen LogP contribution in [0.5, 0.6) is 0 Å². The zero-order valence-electron chi connectivity index (χ0n) is 9.71. The first-order chi connectivity index (χ1) is 7.84. The third-order valence-electron chi connectivity index (χ3n) is 3.04. The molecule has 0 unspecified atom stereocenters. The molecule has 0 atom stereocenters. The fraction of sp³-hybridized carbons (Fsp3) is 0.833. The molecule has 0 spiro atoms. The normalized spacial score (nSPS) is 16.5. The molecule has 3 nitrogen and oxygen atoms in total. The van der Waals surface area contributed by atoms with Crippen LogP contribution in [-0.2, 0) is 4.79 Å². The van der Waals surface area contributed by atoms with Gasteiger partial charge in [-0.05, 0) is 37.9 Å². The Morgan fingerprint density at radius 2 is 2.06 bits per heavy atom. The van der Waals surface area contributed by atoms with Crippen molar-refractivity contribution >= 4 is 23.3 Å². The van der Waals surface area contributed by atoms with Gasteiger partial charge in [0.15, 0.2) is 0 Å². The van der Waals surface area contributed by atoms with Gasteiger partial charge in [0.25, 0.3) is 0 Å². The van der Waals surface area contributed by atoms with E-state index < -0.39 is 0 Å². The Kier molecular flexibility index (Phi) is 7.02. The average molecular weight is 240 g/mol. The fourth-order valence-corrected chi connectivity index (χ4v) is 2.17. The van der Waals surface area contributed by atoms with E-state index in [9.17, 15) is 4.79 Å². The van der Waals surface area contributed by atoms with E-state index in [-0.39, 0.29) is 11.8 Å². The van der Waals surface area contributed by atoms with Gasteiger partial charge in [0, 0.05) is 19.0 Å². The van der Waals surface area contributed by atoms with E-state index in [4.69, 9.17) is 0 Å². The van der Waals surface area contributed by atoms with E-state index in [1.165, 1.54) is 19.3 Å². The van der Waals surface area contributed by atoms with Crippen LogP contribution in [0.2, 0.25) is 0 Å². The van der Waals surface area contributed by atoms with E-state index >= 15 is 0 Å². The van der Waals surface area contributed by atoms with E-state index in [1.807, 2.05) is 0 Å². The molecule has 1 rings (SSSR count). The highest BCUT2D eigenvalue weighted by atomic mass is 32.1. The van der Waals surface area contributed by atoms with Crippen LogP contribution in [0.4, 0.5) is 0 Å². The summed E-state index contributed by atoms with van der Waals surface area (Å²) in [5, 5.41) is 5.34. The van der Waals surface area contributed by atoms with E-state index in [2.05, 4.69) is 27.7 Å². The van der Waals surface area contributed by atoms with E-state index in [0.29, 0.717) is 0 Å². The molecule has 1 fully saturated rings. The minimum Gasteiger partial charge on any atom is -0.356 e. The molecule has 0 bridgehead atoms. The Hall–Kier alpha value is -0.730. The van der Waals surface area contributed by atoms with Gasteiger partial charge in [0.1, 0.15) is 0 Å². The number of aliphatic imine (C=N–C) groups is 1. The number of carbonyl (C=O) groups is 1. The van der Waals surface area contributed by atoms with Gasteiger partial charge in [-0.25, -0.2) is 4.99 Å². The van der Waals surface area contributed by atoms with Crippen molar-refractivity contribution in [2.45, 2.75) is 44.9 Å². The molecular weight excluding hydrogens is 220 g/mol. The molecule has 0 saturated heterocycles. The molecule has 1 N–H and O–H groups in total. The summed E-state index contributed by atoms with van der Waals surface area (Å²) in [6.07, 6.45) is 7.79. The summed E-state index contributed by atoms with van der Waals surface area (Å²) in [4.78, 5) is 15.6. The maximum atomic E-state index is 11.7. The topological polar surface area (TPSA) is 41.5 Å². The highest BCUT2D eigenvalue weighted by molar-refractivity contribution is 7.78. The molecule has 0 aliphatic heterocycles. The fourth-order valence-electron chi connectivity index (χ4n) is 2.08. The zero-order chi connectivity index (χ0) is 11.6. The smallest absolute Gasteiger partial charge is 0.223 e. The monoisotopic (exact) mass is 240 g/mol. The van der Waals surface area contributed by atoms with Crippen LogP contribution in [0, 0.1) is 5.92 Å². The number of nitrogens with one attached hydrogen (secondary N) is 1. The Morgan fingerprint density at radius 1 is 1.31 bits per heavy atom. The van der Waals surface area contributed by atoms with Gasteiger partial charge in [0.2, 0.25) is 5.91 Å². The molecule has 1 saturated carbocycles. The Bertz CT molecular complexity index is 256. The molecule has 90 valence electrons. The molecule has 4 heteroatoms. The summed E-state index contributed by atoms with van der Waals surface area (Å²) in [6.45, 7) is 1.49. The van der Waals surface area contributed by atoms with Crippen molar-refractivity contribution < 1.29 is 4.79 Å². The minimum atomic E-state index is 0.248. The number of isothiocyanates is 1. The Balaban J connectivity index is 2.03. The summed E-state index contributed by atoms with van der Waals surface area (Å²) in [6, 6.07) is 0. The molecule has 0 heterocycles. The van der Waals surface area contributed by atoms with Crippen molar-refractivity contribution in [2.75, 3.05) is 13.1 Å². The maximum Gasteiger partial charge on any atom is 0.223 e. The maximum absolute atomic E-state index is 11.7. The predicted octanol–water partition coefficient (Wildman–Crippen LogP) is 2.57. The van der Waals surface area contributed by atoms with Gasteiger partial charge in [-0.2, -0.15) is 0 Å². The summed E-state index contributed by atoms with van der Waals surface area (Å²) in [7, 11) is 0. The van der Waals surface area contributed by atoms with Crippen LogP contribution in [0.3, 0.4) is 0 Å². The zero-order valence-corrected chi connectivity index (χ0v) is 10.5. The number of rotatable bonds is 6. The third kappa shape index (κ3) is 5.38. The third-order valence-corrected chi connectivity index (χ3v) is 3.17. The first-order valence-electron chi connectivity index (χ1n) is 6.16. The van der Waals surface area contributed by atoms with Crippen molar-refractivity contribution in [3.8, 4) is 0 Å². The average Bonchev–Trinajstić information content (AvgIpc) is 2.34. The number of carbonyl (C=O) groups excluding carboxylic acids is 1. The SMILES string of the molecule is O=C(NCCCCN=C=S)C1CCCCC1. The molecule has 1 aliphatic carbocycles. The Labute approximate surface area is 103 Å². The van der Waals surface area contributed by atoms with Crippen LogP contribution in [0.25, 0.3) is 0 Å². The number of hydrogen-bond acceptors (Lipinski definition) is 3. The lowest BCUT2D eigenvalue weighted by Crippen LogP contribution is -2.32. The second kappa shape index (κ2) is 8.43. The summed E-state index contributed by atoms with van der Waals surface area (Å²) < 4.78 is 0. The lowest BCUT2D eigenvalue weighted by Gasteiger charge is -2.20. The van der Waals surface area contributed by atoms with Gasteiger partial charge < -0.3 is 5.32 Å². The molecule has 1 amide bonds. The molecular formula is C12H20N2OS. The minimum absolute atomic E-state index is 0.248. The molecule has 16 heavy (non-hydrogen) atoms. The van der Waals surface area contributed by atoms with E-state index in [1.54, 1.807) is 0 Å². The molecule has 0 aromatic heterocycles. The van der Waals surface area contributed by atoms with Crippen molar-refractivity contribution in [3.05, 3.63) is 0 Å². The molecule has 1 aliphatic rings. The van der Waals surface area contributed by atoms with Gasteiger partial charge in [-0.15, -0.1) is 0 Å². The van der Waals surface area contributed by atoms with Crippen molar-refractivity contribution in [2.24, 2.45) is 10.9 Å².